The van der Waals surface area contributed by atoms with Crippen molar-refractivity contribution in [1.29, 1.82) is 5.26 Å². The molecule has 1 aliphatic rings. The number of nitrogens with zero attached hydrogens (tertiary/aromatic N) is 1. The molecule has 20 heavy (non-hydrogen) atoms. The van der Waals surface area contributed by atoms with E-state index in [0.717, 1.165) is 5.56 Å². The van der Waals surface area contributed by atoms with Crippen LogP contribution >= 0.6 is 0 Å². The fraction of sp³-hybridized carbons (Fsp3) is 0.500. The van der Waals surface area contributed by atoms with Crippen molar-refractivity contribution in [2.45, 2.75) is 43.7 Å². The van der Waals surface area contributed by atoms with Crippen molar-refractivity contribution in [2.75, 3.05) is 7.11 Å². The molecule has 0 saturated heterocycles. The standard InChI is InChI=1S/C16H20N2O2/c1-15(2,14(19)20-3)18-13-9-16(10-13,11-17)12-7-5-4-6-8-12/h4-8,13,18H,9-10H2,1-3H3. The second kappa shape index (κ2) is 5.26. The van der Waals surface area contributed by atoms with E-state index in [1.54, 1.807) is 13.8 Å². The molecular formula is C16H20N2O2. The van der Waals surface area contributed by atoms with Crippen LogP contribution in [-0.4, -0.2) is 24.7 Å². The van der Waals surface area contributed by atoms with Crippen molar-refractivity contribution in [1.82, 2.24) is 5.32 Å². The van der Waals surface area contributed by atoms with E-state index in [4.69, 9.17) is 4.74 Å². The minimum Gasteiger partial charge on any atom is -0.468 e. The Kier molecular flexibility index (Phi) is 3.82. The fourth-order valence-electron chi connectivity index (χ4n) is 2.86. The van der Waals surface area contributed by atoms with Crippen LogP contribution in [-0.2, 0) is 14.9 Å². The largest absolute Gasteiger partial charge is 0.468 e. The number of hydrogen-bond donors (Lipinski definition) is 1. The van der Waals surface area contributed by atoms with Crippen LogP contribution in [0.3, 0.4) is 0 Å². The Hall–Kier alpha value is -1.86. The van der Waals surface area contributed by atoms with Gasteiger partial charge in [0.1, 0.15) is 5.54 Å². The molecule has 0 amide bonds. The van der Waals surface area contributed by atoms with Crippen molar-refractivity contribution < 1.29 is 9.53 Å². The summed E-state index contributed by atoms with van der Waals surface area (Å²) < 4.78 is 4.78. The summed E-state index contributed by atoms with van der Waals surface area (Å²) in [6.45, 7) is 3.60. The van der Waals surface area contributed by atoms with Crippen molar-refractivity contribution >= 4 is 5.97 Å². The molecule has 0 spiro atoms. The highest BCUT2D eigenvalue weighted by Crippen LogP contribution is 2.43. The highest BCUT2D eigenvalue weighted by atomic mass is 16.5. The molecular weight excluding hydrogens is 252 g/mol. The summed E-state index contributed by atoms with van der Waals surface area (Å²) in [6, 6.07) is 12.4. The topological polar surface area (TPSA) is 62.1 Å². The predicted molar refractivity (Wildman–Crippen MR) is 76.0 cm³/mol. The summed E-state index contributed by atoms with van der Waals surface area (Å²) in [7, 11) is 1.38. The highest BCUT2D eigenvalue weighted by Gasteiger charge is 2.48. The van der Waals surface area contributed by atoms with Gasteiger partial charge in [-0.15, -0.1) is 0 Å². The van der Waals surface area contributed by atoms with Crippen molar-refractivity contribution in [3.63, 3.8) is 0 Å². The van der Waals surface area contributed by atoms with Gasteiger partial charge in [-0.05, 0) is 32.3 Å². The molecule has 0 radical (unpaired) electrons. The molecule has 1 aromatic carbocycles. The SMILES string of the molecule is COC(=O)C(C)(C)NC1CC(C#N)(c2ccccc2)C1. The molecule has 2 rings (SSSR count). The lowest BCUT2D eigenvalue weighted by molar-refractivity contribution is -0.147. The summed E-state index contributed by atoms with van der Waals surface area (Å²) in [4.78, 5) is 11.7. The minimum absolute atomic E-state index is 0.156. The van der Waals surface area contributed by atoms with Crippen LogP contribution in [0.5, 0.6) is 0 Å². The number of ether oxygens (including phenoxy) is 1. The lowest BCUT2D eigenvalue weighted by Gasteiger charge is -2.46. The molecule has 0 bridgehead atoms. The van der Waals surface area contributed by atoms with Gasteiger partial charge in [0.05, 0.1) is 18.6 Å². The maximum Gasteiger partial charge on any atom is 0.325 e. The van der Waals surface area contributed by atoms with Crippen LogP contribution in [0.1, 0.15) is 32.3 Å². The number of carbonyl (C=O) groups is 1. The third kappa shape index (κ3) is 2.54. The normalized spacial score (nSPS) is 25.4. The van der Waals surface area contributed by atoms with E-state index in [2.05, 4.69) is 11.4 Å². The quantitative estimate of drug-likeness (QED) is 0.853. The number of benzene rings is 1. The van der Waals surface area contributed by atoms with Crippen LogP contribution < -0.4 is 5.32 Å². The van der Waals surface area contributed by atoms with Gasteiger partial charge in [0.25, 0.3) is 0 Å². The number of esters is 1. The molecule has 1 saturated carbocycles. The Morgan fingerprint density at radius 2 is 2.00 bits per heavy atom. The van der Waals surface area contributed by atoms with Gasteiger partial charge in [-0.3, -0.25) is 10.1 Å². The maximum atomic E-state index is 11.7. The zero-order valence-corrected chi connectivity index (χ0v) is 12.1. The third-order valence-electron chi connectivity index (χ3n) is 3.99. The number of rotatable bonds is 4. The van der Waals surface area contributed by atoms with E-state index in [-0.39, 0.29) is 12.0 Å². The van der Waals surface area contributed by atoms with Crippen LogP contribution in [0.15, 0.2) is 30.3 Å². The highest BCUT2D eigenvalue weighted by molar-refractivity contribution is 5.79. The Morgan fingerprint density at radius 1 is 1.40 bits per heavy atom. The number of hydrogen-bond acceptors (Lipinski definition) is 4. The Balaban J connectivity index is 2.03. The van der Waals surface area contributed by atoms with Gasteiger partial charge in [-0.2, -0.15) is 5.26 Å². The Bertz CT molecular complexity index is 525. The molecule has 0 heterocycles. The van der Waals surface area contributed by atoms with Crippen LogP contribution in [0.25, 0.3) is 0 Å². The molecule has 0 unspecified atom stereocenters. The van der Waals surface area contributed by atoms with Crippen molar-refractivity contribution in [2.24, 2.45) is 0 Å². The first-order valence-corrected chi connectivity index (χ1v) is 6.76. The summed E-state index contributed by atoms with van der Waals surface area (Å²) in [5, 5.41) is 12.8. The Morgan fingerprint density at radius 3 is 2.50 bits per heavy atom. The smallest absolute Gasteiger partial charge is 0.325 e. The second-order valence-corrected chi connectivity index (χ2v) is 5.93. The first-order chi connectivity index (χ1) is 9.43. The molecule has 4 heteroatoms. The summed E-state index contributed by atoms with van der Waals surface area (Å²) in [5.41, 5.74) is -0.0977. The average molecular weight is 272 g/mol. The molecule has 0 aliphatic heterocycles. The minimum atomic E-state index is -0.724. The summed E-state index contributed by atoms with van der Waals surface area (Å²) >= 11 is 0. The zero-order valence-electron chi connectivity index (χ0n) is 12.1. The van der Waals surface area contributed by atoms with Crippen molar-refractivity contribution in [3.05, 3.63) is 35.9 Å². The second-order valence-electron chi connectivity index (χ2n) is 5.93. The maximum absolute atomic E-state index is 11.7. The predicted octanol–water partition coefficient (Wildman–Crippen LogP) is 2.15. The molecule has 106 valence electrons. The summed E-state index contributed by atoms with van der Waals surface area (Å²) in [5.74, 6) is -0.285. The monoisotopic (exact) mass is 272 g/mol. The zero-order chi connectivity index (χ0) is 14.8. The van der Waals surface area contributed by atoms with E-state index in [9.17, 15) is 10.1 Å². The molecule has 1 aliphatic carbocycles. The van der Waals surface area contributed by atoms with E-state index >= 15 is 0 Å². The van der Waals surface area contributed by atoms with Gasteiger partial charge in [-0.1, -0.05) is 30.3 Å². The molecule has 4 nitrogen and oxygen atoms in total. The first kappa shape index (κ1) is 14.5. The Labute approximate surface area is 119 Å². The molecule has 0 aromatic heterocycles. The van der Waals surface area contributed by atoms with E-state index in [1.165, 1.54) is 7.11 Å². The van der Waals surface area contributed by atoms with E-state index in [1.807, 2.05) is 30.3 Å². The van der Waals surface area contributed by atoms with Gasteiger partial charge in [-0.25, -0.2) is 0 Å². The fourth-order valence-corrected chi connectivity index (χ4v) is 2.86. The van der Waals surface area contributed by atoms with Crippen LogP contribution in [0.4, 0.5) is 0 Å². The van der Waals surface area contributed by atoms with Gasteiger partial charge in [0.15, 0.2) is 0 Å². The number of nitrogens with one attached hydrogen (secondary N) is 1. The number of methoxy groups -OCH3 is 1. The van der Waals surface area contributed by atoms with Crippen LogP contribution in [0.2, 0.25) is 0 Å². The third-order valence-corrected chi connectivity index (χ3v) is 3.99. The lowest BCUT2D eigenvalue weighted by atomic mass is 9.62. The molecule has 1 fully saturated rings. The van der Waals surface area contributed by atoms with E-state index in [0.29, 0.717) is 12.8 Å². The average Bonchev–Trinajstić information content (AvgIpc) is 2.42. The molecule has 0 atom stereocenters. The van der Waals surface area contributed by atoms with Crippen molar-refractivity contribution in [3.8, 4) is 6.07 Å². The van der Waals surface area contributed by atoms with Gasteiger partial charge in [0, 0.05) is 6.04 Å². The van der Waals surface area contributed by atoms with Gasteiger partial charge in [0.2, 0.25) is 0 Å². The van der Waals surface area contributed by atoms with Gasteiger partial charge >= 0.3 is 5.97 Å². The van der Waals surface area contributed by atoms with Crippen LogP contribution in [0, 0.1) is 11.3 Å². The molecule has 1 aromatic rings. The lowest BCUT2D eigenvalue weighted by Crippen LogP contribution is -2.59. The molecule has 1 N–H and O–H groups in total. The summed E-state index contributed by atoms with van der Waals surface area (Å²) in [6.07, 6.45) is 1.43. The first-order valence-electron chi connectivity index (χ1n) is 6.76. The number of nitriles is 1. The number of carbonyl (C=O) groups excluding carboxylic acids is 1. The van der Waals surface area contributed by atoms with Gasteiger partial charge < -0.3 is 4.74 Å². The van der Waals surface area contributed by atoms with E-state index < -0.39 is 11.0 Å².